The van der Waals surface area contributed by atoms with Crippen LogP contribution in [0.25, 0.3) is 0 Å². The van der Waals surface area contributed by atoms with E-state index in [9.17, 15) is 0 Å². The van der Waals surface area contributed by atoms with E-state index in [1.54, 1.807) is 0 Å². The van der Waals surface area contributed by atoms with Gasteiger partial charge < -0.3 is 0 Å². The molecule has 0 bridgehead atoms. The number of nitrogens with zero attached hydrogens (tertiary/aromatic N) is 2. The lowest BCUT2D eigenvalue weighted by molar-refractivity contribution is 0.460. The molecule has 1 aliphatic heterocycles. The van der Waals surface area contributed by atoms with Gasteiger partial charge in [0.05, 0.1) is 11.4 Å². The summed E-state index contributed by atoms with van der Waals surface area (Å²) < 4.78 is 0. The largest absolute Gasteiger partial charge is 0.259 e. The van der Waals surface area contributed by atoms with E-state index in [0.29, 0.717) is 0 Å². The van der Waals surface area contributed by atoms with Crippen molar-refractivity contribution in [2.45, 2.75) is 34.1 Å². The summed E-state index contributed by atoms with van der Waals surface area (Å²) >= 11 is 0. The first kappa shape index (κ1) is 11.1. The molecule has 0 atom stereocenters. The number of rotatable bonds is 1. The van der Waals surface area contributed by atoms with E-state index >= 15 is 0 Å². The van der Waals surface area contributed by atoms with Crippen LogP contribution in [0.2, 0.25) is 0 Å². The Morgan fingerprint density at radius 3 is 2.50 bits per heavy atom. The monoisotopic (exact) mass is 214 g/mol. The molecule has 0 saturated carbocycles. The highest BCUT2D eigenvalue weighted by molar-refractivity contribution is 6.00. The van der Waals surface area contributed by atoms with Crippen LogP contribution in [0.4, 0.5) is 0 Å². The van der Waals surface area contributed by atoms with Crippen LogP contribution in [0.3, 0.4) is 0 Å². The van der Waals surface area contributed by atoms with Crippen molar-refractivity contribution in [1.29, 1.82) is 0 Å². The first-order valence-corrected chi connectivity index (χ1v) is 5.66. The van der Waals surface area contributed by atoms with Crippen molar-refractivity contribution in [2.75, 3.05) is 0 Å². The average Bonchev–Trinajstić information content (AvgIpc) is 2.23. The Labute approximate surface area is 97.1 Å². The fraction of sp³-hybridized carbons (Fsp3) is 0.429. The highest BCUT2D eigenvalue weighted by Gasteiger charge is 2.26. The second-order valence-corrected chi connectivity index (χ2v) is 5.17. The molecule has 16 heavy (non-hydrogen) atoms. The van der Waals surface area contributed by atoms with E-state index in [-0.39, 0.29) is 5.41 Å². The standard InChI is InChI=1S/C14H18N2/c1-10-5-6-12(15-8-10)13-7-14(3,4)11(2)9-16-13/h5-6,8-9H,7H2,1-4H3. The molecule has 1 aromatic rings. The maximum absolute atomic E-state index is 4.50. The number of hydrogen-bond acceptors (Lipinski definition) is 2. The summed E-state index contributed by atoms with van der Waals surface area (Å²) in [5.74, 6) is 0. The van der Waals surface area contributed by atoms with Crippen LogP contribution in [0, 0.1) is 12.3 Å². The van der Waals surface area contributed by atoms with Gasteiger partial charge in [0.25, 0.3) is 0 Å². The third kappa shape index (κ3) is 2.06. The van der Waals surface area contributed by atoms with Gasteiger partial charge in [-0.3, -0.25) is 9.98 Å². The summed E-state index contributed by atoms with van der Waals surface area (Å²) in [5, 5.41) is 0. The Kier molecular flexibility index (Phi) is 2.66. The van der Waals surface area contributed by atoms with E-state index in [0.717, 1.165) is 17.8 Å². The zero-order valence-corrected chi connectivity index (χ0v) is 10.4. The zero-order valence-electron chi connectivity index (χ0n) is 10.4. The molecular weight excluding hydrogens is 196 g/mol. The van der Waals surface area contributed by atoms with Crippen molar-refractivity contribution in [1.82, 2.24) is 4.98 Å². The predicted octanol–water partition coefficient (Wildman–Crippen LogP) is 3.51. The third-order valence-electron chi connectivity index (χ3n) is 3.30. The van der Waals surface area contributed by atoms with Gasteiger partial charge in [0, 0.05) is 18.8 Å². The van der Waals surface area contributed by atoms with Crippen molar-refractivity contribution in [2.24, 2.45) is 10.4 Å². The lowest BCUT2D eigenvalue weighted by Crippen LogP contribution is -2.22. The van der Waals surface area contributed by atoms with Gasteiger partial charge in [0.1, 0.15) is 0 Å². The van der Waals surface area contributed by atoms with Crippen LogP contribution in [-0.4, -0.2) is 10.7 Å². The molecule has 0 spiro atoms. The Balaban J connectivity index is 2.34. The first-order chi connectivity index (χ1) is 7.49. The van der Waals surface area contributed by atoms with E-state index in [1.807, 2.05) is 19.3 Å². The molecule has 2 rings (SSSR count). The zero-order chi connectivity index (χ0) is 11.8. The molecule has 0 amide bonds. The Bertz CT molecular complexity index is 450. The molecule has 1 aliphatic rings. The molecule has 0 aliphatic carbocycles. The van der Waals surface area contributed by atoms with E-state index < -0.39 is 0 Å². The summed E-state index contributed by atoms with van der Waals surface area (Å²) in [6.07, 6.45) is 4.84. The molecule has 1 aromatic heterocycles. The highest BCUT2D eigenvalue weighted by atomic mass is 14.8. The SMILES string of the molecule is CC1=CN=C(c2ccc(C)cn2)CC1(C)C. The predicted molar refractivity (Wildman–Crippen MR) is 67.7 cm³/mol. The summed E-state index contributed by atoms with van der Waals surface area (Å²) in [4.78, 5) is 8.93. The lowest BCUT2D eigenvalue weighted by atomic mass is 9.78. The summed E-state index contributed by atoms with van der Waals surface area (Å²) in [6.45, 7) is 8.69. The Hall–Kier alpha value is -1.44. The molecule has 0 N–H and O–H groups in total. The van der Waals surface area contributed by atoms with Crippen LogP contribution < -0.4 is 0 Å². The normalized spacial score (nSPS) is 19.0. The van der Waals surface area contributed by atoms with E-state index in [1.165, 1.54) is 11.1 Å². The minimum Gasteiger partial charge on any atom is -0.259 e. The highest BCUT2D eigenvalue weighted by Crippen LogP contribution is 2.34. The maximum Gasteiger partial charge on any atom is 0.0844 e. The van der Waals surface area contributed by atoms with Gasteiger partial charge in [-0.1, -0.05) is 19.9 Å². The second-order valence-electron chi connectivity index (χ2n) is 5.17. The summed E-state index contributed by atoms with van der Waals surface area (Å²) in [5.41, 5.74) is 4.82. The van der Waals surface area contributed by atoms with Crippen LogP contribution in [-0.2, 0) is 0 Å². The Morgan fingerprint density at radius 1 is 1.19 bits per heavy atom. The molecular formula is C14H18N2. The van der Waals surface area contributed by atoms with E-state index in [2.05, 4.69) is 42.9 Å². The molecule has 2 heterocycles. The summed E-state index contributed by atoms with van der Waals surface area (Å²) in [7, 11) is 0. The number of allylic oxidation sites excluding steroid dienone is 1. The van der Waals surface area contributed by atoms with Gasteiger partial charge >= 0.3 is 0 Å². The van der Waals surface area contributed by atoms with Crippen LogP contribution in [0.1, 0.15) is 38.4 Å². The van der Waals surface area contributed by atoms with Crippen molar-refractivity contribution in [3.8, 4) is 0 Å². The fourth-order valence-electron chi connectivity index (χ4n) is 1.75. The minimum absolute atomic E-state index is 0.198. The smallest absolute Gasteiger partial charge is 0.0844 e. The third-order valence-corrected chi connectivity index (χ3v) is 3.30. The van der Waals surface area contributed by atoms with Gasteiger partial charge in [-0.15, -0.1) is 0 Å². The molecule has 0 radical (unpaired) electrons. The van der Waals surface area contributed by atoms with E-state index in [4.69, 9.17) is 0 Å². The van der Waals surface area contributed by atoms with Crippen LogP contribution in [0.15, 0.2) is 35.1 Å². The maximum atomic E-state index is 4.50. The molecule has 0 unspecified atom stereocenters. The van der Waals surface area contributed by atoms with Gasteiger partial charge in [0.2, 0.25) is 0 Å². The quantitative estimate of drug-likeness (QED) is 0.702. The molecule has 0 saturated heterocycles. The van der Waals surface area contributed by atoms with Gasteiger partial charge in [-0.05, 0) is 36.5 Å². The van der Waals surface area contributed by atoms with Crippen LogP contribution >= 0.6 is 0 Å². The fourth-order valence-corrected chi connectivity index (χ4v) is 1.75. The first-order valence-electron chi connectivity index (χ1n) is 5.66. The number of pyridine rings is 1. The van der Waals surface area contributed by atoms with Crippen LogP contribution in [0.5, 0.6) is 0 Å². The number of aromatic nitrogens is 1. The number of hydrogen-bond donors (Lipinski definition) is 0. The molecule has 0 fully saturated rings. The second kappa shape index (κ2) is 3.85. The van der Waals surface area contributed by atoms with Gasteiger partial charge in [0.15, 0.2) is 0 Å². The molecule has 84 valence electrons. The molecule has 2 nitrogen and oxygen atoms in total. The van der Waals surface area contributed by atoms with Crippen molar-refractivity contribution < 1.29 is 0 Å². The molecule has 0 aromatic carbocycles. The van der Waals surface area contributed by atoms with Crippen molar-refractivity contribution >= 4 is 5.71 Å². The molecule has 2 heteroatoms. The van der Waals surface area contributed by atoms with Gasteiger partial charge in [-0.2, -0.15) is 0 Å². The summed E-state index contributed by atoms with van der Waals surface area (Å²) in [6, 6.07) is 4.14. The lowest BCUT2D eigenvalue weighted by Gasteiger charge is -2.29. The average molecular weight is 214 g/mol. The minimum atomic E-state index is 0.198. The van der Waals surface area contributed by atoms with Gasteiger partial charge in [-0.25, -0.2) is 0 Å². The Morgan fingerprint density at radius 2 is 1.94 bits per heavy atom. The van der Waals surface area contributed by atoms with Crippen molar-refractivity contribution in [3.05, 3.63) is 41.4 Å². The number of aryl methyl sites for hydroxylation is 1. The topological polar surface area (TPSA) is 25.2 Å². The van der Waals surface area contributed by atoms with Crippen molar-refractivity contribution in [3.63, 3.8) is 0 Å². The number of aliphatic imine (C=N–C) groups is 1.